The van der Waals surface area contributed by atoms with Crippen LogP contribution >= 0.6 is 11.3 Å². The molecule has 25 heavy (non-hydrogen) atoms. The Kier molecular flexibility index (Phi) is 4.92. The van der Waals surface area contributed by atoms with Crippen molar-refractivity contribution in [1.29, 1.82) is 5.26 Å². The predicted molar refractivity (Wildman–Crippen MR) is 102 cm³/mol. The highest BCUT2D eigenvalue weighted by Gasteiger charge is 2.09. The van der Waals surface area contributed by atoms with Crippen LogP contribution in [0.4, 0.5) is 10.1 Å². The van der Waals surface area contributed by atoms with Gasteiger partial charge in [-0.15, -0.1) is 11.3 Å². The fraction of sp³-hybridized carbons (Fsp3) is 0.100. The van der Waals surface area contributed by atoms with Gasteiger partial charge in [0.2, 0.25) is 0 Å². The Morgan fingerprint density at radius 2 is 1.80 bits per heavy atom. The highest BCUT2D eigenvalue weighted by Crippen LogP contribution is 2.27. The Bertz CT molecular complexity index is 932. The van der Waals surface area contributed by atoms with Crippen molar-refractivity contribution in [3.8, 4) is 17.3 Å². The number of allylic oxidation sites excluding steroid dienone is 1. The number of anilines is 1. The molecule has 1 aromatic heterocycles. The van der Waals surface area contributed by atoms with Gasteiger partial charge in [0.25, 0.3) is 0 Å². The maximum Gasteiger partial charge on any atom is 0.134 e. The van der Waals surface area contributed by atoms with E-state index in [2.05, 4.69) is 11.1 Å². The third kappa shape index (κ3) is 3.93. The van der Waals surface area contributed by atoms with Gasteiger partial charge in [-0.25, -0.2) is 9.37 Å². The van der Waals surface area contributed by atoms with E-state index in [0.717, 1.165) is 22.5 Å². The number of halogens is 1. The quantitative estimate of drug-likeness (QED) is 0.617. The molecule has 0 N–H and O–H groups in total. The van der Waals surface area contributed by atoms with Crippen LogP contribution in [-0.4, -0.2) is 19.1 Å². The van der Waals surface area contributed by atoms with E-state index in [1.54, 1.807) is 12.1 Å². The van der Waals surface area contributed by atoms with Crippen molar-refractivity contribution in [2.45, 2.75) is 0 Å². The van der Waals surface area contributed by atoms with Crippen molar-refractivity contribution >= 4 is 28.7 Å². The van der Waals surface area contributed by atoms with Crippen molar-refractivity contribution < 1.29 is 4.39 Å². The summed E-state index contributed by atoms with van der Waals surface area (Å²) < 4.78 is 13.0. The molecule has 0 radical (unpaired) electrons. The summed E-state index contributed by atoms with van der Waals surface area (Å²) in [7, 11) is 3.97. The van der Waals surface area contributed by atoms with Gasteiger partial charge in [0.05, 0.1) is 11.3 Å². The van der Waals surface area contributed by atoms with Crippen LogP contribution in [0.25, 0.3) is 22.9 Å². The van der Waals surface area contributed by atoms with Gasteiger partial charge in [0.1, 0.15) is 16.9 Å². The second kappa shape index (κ2) is 7.29. The van der Waals surface area contributed by atoms with Crippen LogP contribution in [-0.2, 0) is 0 Å². The molecule has 0 aliphatic carbocycles. The number of rotatable bonds is 4. The molecule has 0 fully saturated rings. The highest BCUT2D eigenvalue weighted by molar-refractivity contribution is 7.11. The predicted octanol–water partition coefficient (Wildman–Crippen LogP) is 5.08. The fourth-order valence-electron chi connectivity index (χ4n) is 2.33. The van der Waals surface area contributed by atoms with Gasteiger partial charge < -0.3 is 4.90 Å². The largest absolute Gasteiger partial charge is 0.378 e. The second-order valence-corrected chi connectivity index (χ2v) is 6.56. The van der Waals surface area contributed by atoms with E-state index in [1.165, 1.54) is 23.5 Å². The summed E-state index contributed by atoms with van der Waals surface area (Å²) in [6, 6.07) is 16.4. The van der Waals surface area contributed by atoms with E-state index < -0.39 is 0 Å². The number of benzene rings is 2. The molecule has 0 spiro atoms. The molecule has 0 amide bonds. The first kappa shape index (κ1) is 16.9. The number of hydrogen-bond acceptors (Lipinski definition) is 4. The van der Waals surface area contributed by atoms with E-state index in [4.69, 9.17) is 0 Å². The van der Waals surface area contributed by atoms with Gasteiger partial charge in [0.15, 0.2) is 0 Å². The van der Waals surface area contributed by atoms with Crippen molar-refractivity contribution in [3.05, 3.63) is 70.3 Å². The van der Waals surface area contributed by atoms with Crippen molar-refractivity contribution in [2.24, 2.45) is 0 Å². The Balaban J connectivity index is 1.88. The molecular weight excluding hydrogens is 333 g/mol. The van der Waals surface area contributed by atoms with E-state index >= 15 is 0 Å². The molecule has 3 rings (SSSR count). The summed E-state index contributed by atoms with van der Waals surface area (Å²) in [5.41, 5.74) is 4.13. The van der Waals surface area contributed by atoms with Crippen LogP contribution in [0.1, 0.15) is 10.6 Å². The summed E-state index contributed by atoms with van der Waals surface area (Å²) in [5, 5.41) is 12.0. The monoisotopic (exact) mass is 349 g/mol. The van der Waals surface area contributed by atoms with Crippen LogP contribution in [0, 0.1) is 17.1 Å². The van der Waals surface area contributed by atoms with Gasteiger partial charge >= 0.3 is 0 Å². The number of aromatic nitrogens is 1. The Morgan fingerprint density at radius 3 is 2.40 bits per heavy atom. The normalized spacial score (nSPS) is 11.2. The zero-order valence-electron chi connectivity index (χ0n) is 13.9. The van der Waals surface area contributed by atoms with Gasteiger partial charge in [-0.2, -0.15) is 5.26 Å². The molecule has 5 heteroatoms. The maximum atomic E-state index is 13.0. The molecule has 2 aromatic carbocycles. The molecule has 1 heterocycles. The number of thiazole rings is 1. The minimum atomic E-state index is -0.280. The highest BCUT2D eigenvalue weighted by atomic mass is 32.1. The van der Waals surface area contributed by atoms with Crippen LogP contribution in [0.3, 0.4) is 0 Å². The standard InChI is InChI=1S/C20H16FN3S/c1-24(2)18-9-3-14(4-10-18)11-16(12-22)20-23-19(13-25-20)15-5-7-17(21)8-6-15/h3-11,13H,1-2H3/b16-11-. The SMILES string of the molecule is CN(C)c1ccc(/C=C(/C#N)c2nc(-c3ccc(F)cc3)cs2)cc1. The summed E-state index contributed by atoms with van der Waals surface area (Å²) in [6.07, 6.45) is 1.83. The molecule has 0 aliphatic heterocycles. The Labute approximate surface area is 150 Å². The Hall–Kier alpha value is -2.97. The van der Waals surface area contributed by atoms with Gasteiger partial charge in [0, 0.05) is 30.7 Å². The van der Waals surface area contributed by atoms with Gasteiger partial charge in [-0.3, -0.25) is 0 Å². The molecular formula is C20H16FN3S. The number of nitrogens with zero attached hydrogens (tertiary/aromatic N) is 3. The van der Waals surface area contributed by atoms with Gasteiger partial charge in [-0.1, -0.05) is 12.1 Å². The third-order valence-corrected chi connectivity index (χ3v) is 4.59. The lowest BCUT2D eigenvalue weighted by Gasteiger charge is -2.11. The average Bonchev–Trinajstić information content (AvgIpc) is 3.10. The molecule has 0 atom stereocenters. The minimum absolute atomic E-state index is 0.280. The maximum absolute atomic E-state index is 13.0. The van der Waals surface area contributed by atoms with Crippen molar-refractivity contribution in [1.82, 2.24) is 4.98 Å². The molecule has 3 nitrogen and oxygen atoms in total. The van der Waals surface area contributed by atoms with E-state index in [1.807, 2.05) is 54.7 Å². The number of hydrogen-bond donors (Lipinski definition) is 0. The minimum Gasteiger partial charge on any atom is -0.378 e. The molecule has 3 aromatic rings. The molecule has 0 unspecified atom stereocenters. The first-order valence-electron chi connectivity index (χ1n) is 7.68. The fourth-order valence-corrected chi connectivity index (χ4v) is 3.12. The molecule has 0 saturated heterocycles. The first-order chi connectivity index (χ1) is 12.1. The van der Waals surface area contributed by atoms with E-state index in [-0.39, 0.29) is 5.82 Å². The molecule has 0 saturated carbocycles. The molecule has 0 bridgehead atoms. The van der Waals surface area contributed by atoms with Crippen LogP contribution in [0.2, 0.25) is 0 Å². The zero-order valence-corrected chi connectivity index (χ0v) is 14.7. The van der Waals surface area contributed by atoms with Crippen LogP contribution in [0.15, 0.2) is 53.9 Å². The summed E-state index contributed by atoms with van der Waals surface area (Å²) in [5.74, 6) is -0.280. The summed E-state index contributed by atoms with van der Waals surface area (Å²) in [4.78, 5) is 6.54. The van der Waals surface area contributed by atoms with Crippen LogP contribution < -0.4 is 4.90 Å². The number of nitriles is 1. The Morgan fingerprint density at radius 1 is 1.12 bits per heavy atom. The topological polar surface area (TPSA) is 39.9 Å². The molecule has 124 valence electrons. The first-order valence-corrected chi connectivity index (χ1v) is 8.56. The summed E-state index contributed by atoms with van der Waals surface area (Å²) >= 11 is 1.40. The molecule has 0 aliphatic rings. The van der Waals surface area contributed by atoms with Crippen LogP contribution in [0.5, 0.6) is 0 Å². The van der Waals surface area contributed by atoms with E-state index in [9.17, 15) is 9.65 Å². The third-order valence-electron chi connectivity index (χ3n) is 3.72. The van der Waals surface area contributed by atoms with E-state index in [0.29, 0.717) is 10.6 Å². The average molecular weight is 349 g/mol. The van der Waals surface area contributed by atoms with Crippen molar-refractivity contribution in [2.75, 3.05) is 19.0 Å². The lowest BCUT2D eigenvalue weighted by atomic mass is 10.1. The summed E-state index contributed by atoms with van der Waals surface area (Å²) in [6.45, 7) is 0. The second-order valence-electron chi connectivity index (χ2n) is 5.70. The lowest BCUT2D eigenvalue weighted by Crippen LogP contribution is -2.07. The van der Waals surface area contributed by atoms with Crippen molar-refractivity contribution in [3.63, 3.8) is 0 Å². The van der Waals surface area contributed by atoms with Gasteiger partial charge in [-0.05, 0) is 48.0 Å². The zero-order chi connectivity index (χ0) is 17.8. The lowest BCUT2D eigenvalue weighted by molar-refractivity contribution is 0.628. The smallest absolute Gasteiger partial charge is 0.134 e.